The average molecular weight is 347 g/mol. The Morgan fingerprint density at radius 2 is 1.48 bits per heavy atom. The number of aryl methyl sites for hydroxylation is 1. The summed E-state index contributed by atoms with van der Waals surface area (Å²) < 4.78 is 0. The summed E-state index contributed by atoms with van der Waals surface area (Å²) in [7, 11) is 0. The van der Waals surface area contributed by atoms with Gasteiger partial charge in [-0.15, -0.1) is 11.8 Å². The Balaban J connectivity index is 1.81. The largest absolute Gasteiger partial charge is 0.325 e. The molecule has 3 aromatic carbocycles. The molecule has 0 aliphatic rings. The van der Waals surface area contributed by atoms with Crippen LogP contribution in [0.5, 0.6) is 0 Å². The maximum absolute atomic E-state index is 12.9. The van der Waals surface area contributed by atoms with Crippen LogP contribution in [-0.2, 0) is 11.2 Å². The van der Waals surface area contributed by atoms with Gasteiger partial charge in [0, 0.05) is 10.6 Å². The summed E-state index contributed by atoms with van der Waals surface area (Å²) >= 11 is 1.56. The van der Waals surface area contributed by atoms with Gasteiger partial charge in [-0.3, -0.25) is 4.79 Å². The highest BCUT2D eigenvalue weighted by molar-refractivity contribution is 8.00. The Morgan fingerprint density at radius 1 is 0.880 bits per heavy atom. The molecule has 3 aromatic rings. The monoisotopic (exact) mass is 347 g/mol. The lowest BCUT2D eigenvalue weighted by Crippen LogP contribution is -2.19. The van der Waals surface area contributed by atoms with Crippen molar-refractivity contribution in [1.82, 2.24) is 0 Å². The zero-order chi connectivity index (χ0) is 17.5. The van der Waals surface area contributed by atoms with Crippen molar-refractivity contribution in [3.05, 3.63) is 96.1 Å². The van der Waals surface area contributed by atoms with E-state index in [1.165, 1.54) is 5.56 Å². The van der Waals surface area contributed by atoms with E-state index in [1.807, 2.05) is 72.8 Å². The Morgan fingerprint density at radius 3 is 2.08 bits per heavy atom. The Bertz CT molecular complexity index is 800. The molecule has 3 rings (SSSR count). The quantitative estimate of drug-likeness (QED) is 0.578. The van der Waals surface area contributed by atoms with E-state index >= 15 is 0 Å². The van der Waals surface area contributed by atoms with Crippen LogP contribution in [0.15, 0.2) is 89.8 Å². The SMILES string of the molecule is CCc1ccc(NC(=O)C(Sc2ccccc2)c2ccccc2)cc1. The van der Waals surface area contributed by atoms with Gasteiger partial charge in [0.05, 0.1) is 0 Å². The van der Waals surface area contributed by atoms with Crippen molar-refractivity contribution in [2.45, 2.75) is 23.5 Å². The van der Waals surface area contributed by atoms with E-state index in [9.17, 15) is 4.79 Å². The fourth-order valence-electron chi connectivity index (χ4n) is 2.57. The Hall–Kier alpha value is -2.52. The fraction of sp³-hybridized carbons (Fsp3) is 0.136. The van der Waals surface area contributed by atoms with Gasteiger partial charge in [-0.25, -0.2) is 0 Å². The molecular formula is C22H21NOS. The normalized spacial score (nSPS) is 11.7. The minimum atomic E-state index is -0.297. The lowest BCUT2D eigenvalue weighted by Gasteiger charge is -2.17. The molecule has 0 aliphatic carbocycles. The second-order valence-electron chi connectivity index (χ2n) is 5.76. The third-order valence-electron chi connectivity index (χ3n) is 3.97. The molecule has 25 heavy (non-hydrogen) atoms. The molecule has 0 heterocycles. The van der Waals surface area contributed by atoms with Gasteiger partial charge >= 0.3 is 0 Å². The first-order chi connectivity index (χ1) is 12.3. The number of carbonyl (C=O) groups excluding carboxylic acids is 1. The molecule has 0 aromatic heterocycles. The smallest absolute Gasteiger partial charge is 0.242 e. The van der Waals surface area contributed by atoms with Gasteiger partial charge in [-0.2, -0.15) is 0 Å². The van der Waals surface area contributed by atoms with Crippen molar-refractivity contribution >= 4 is 23.4 Å². The summed E-state index contributed by atoms with van der Waals surface area (Å²) in [5.74, 6) is -0.00991. The maximum Gasteiger partial charge on any atom is 0.242 e. The molecular weight excluding hydrogens is 326 g/mol. The van der Waals surface area contributed by atoms with Crippen LogP contribution in [0.3, 0.4) is 0 Å². The van der Waals surface area contributed by atoms with Gasteiger partial charge in [0.2, 0.25) is 5.91 Å². The zero-order valence-electron chi connectivity index (χ0n) is 14.2. The lowest BCUT2D eigenvalue weighted by molar-refractivity contribution is -0.115. The minimum absolute atomic E-state index is 0.00991. The highest BCUT2D eigenvalue weighted by Gasteiger charge is 2.22. The molecule has 1 N–H and O–H groups in total. The summed E-state index contributed by atoms with van der Waals surface area (Å²) in [5.41, 5.74) is 3.09. The second-order valence-corrected chi connectivity index (χ2v) is 6.94. The van der Waals surface area contributed by atoms with Crippen molar-refractivity contribution in [2.75, 3.05) is 5.32 Å². The highest BCUT2D eigenvalue weighted by atomic mass is 32.2. The number of nitrogens with one attached hydrogen (secondary N) is 1. The number of carbonyl (C=O) groups is 1. The molecule has 1 amide bonds. The van der Waals surface area contributed by atoms with Crippen LogP contribution in [0.1, 0.15) is 23.3 Å². The van der Waals surface area contributed by atoms with Gasteiger partial charge in [-0.05, 0) is 41.8 Å². The molecule has 0 bridgehead atoms. The summed E-state index contributed by atoms with van der Waals surface area (Å²) in [4.78, 5) is 14.0. The van der Waals surface area contributed by atoms with Crippen LogP contribution < -0.4 is 5.32 Å². The number of hydrogen-bond donors (Lipinski definition) is 1. The topological polar surface area (TPSA) is 29.1 Å². The predicted molar refractivity (Wildman–Crippen MR) is 106 cm³/mol. The van der Waals surface area contributed by atoms with Crippen LogP contribution in [0, 0.1) is 0 Å². The third kappa shape index (κ3) is 4.74. The molecule has 1 atom stereocenters. The van der Waals surface area contributed by atoms with Gasteiger partial charge in [0.1, 0.15) is 5.25 Å². The van der Waals surface area contributed by atoms with E-state index < -0.39 is 0 Å². The first kappa shape index (κ1) is 17.3. The predicted octanol–water partition coefficient (Wildman–Crippen LogP) is 5.72. The first-order valence-electron chi connectivity index (χ1n) is 8.42. The maximum atomic E-state index is 12.9. The molecule has 0 spiro atoms. The molecule has 0 fully saturated rings. The van der Waals surface area contributed by atoms with Gasteiger partial charge in [-0.1, -0.05) is 67.6 Å². The van der Waals surface area contributed by atoms with Gasteiger partial charge < -0.3 is 5.32 Å². The van der Waals surface area contributed by atoms with Crippen molar-refractivity contribution < 1.29 is 4.79 Å². The van der Waals surface area contributed by atoms with E-state index in [2.05, 4.69) is 24.4 Å². The number of benzene rings is 3. The van der Waals surface area contributed by atoms with E-state index in [-0.39, 0.29) is 11.2 Å². The number of thioether (sulfide) groups is 1. The molecule has 0 radical (unpaired) electrons. The molecule has 0 saturated heterocycles. The van der Waals surface area contributed by atoms with Crippen molar-refractivity contribution in [3.8, 4) is 0 Å². The van der Waals surface area contributed by atoms with Crippen LogP contribution >= 0.6 is 11.8 Å². The lowest BCUT2D eigenvalue weighted by atomic mass is 10.1. The van der Waals surface area contributed by atoms with Crippen molar-refractivity contribution in [2.24, 2.45) is 0 Å². The van der Waals surface area contributed by atoms with E-state index in [0.29, 0.717) is 0 Å². The van der Waals surface area contributed by atoms with Crippen LogP contribution in [0.25, 0.3) is 0 Å². The van der Waals surface area contributed by atoms with Crippen LogP contribution in [0.2, 0.25) is 0 Å². The number of anilines is 1. The van der Waals surface area contributed by atoms with Crippen LogP contribution in [-0.4, -0.2) is 5.91 Å². The summed E-state index contributed by atoms with van der Waals surface area (Å²) in [5, 5.41) is 2.76. The molecule has 2 nitrogen and oxygen atoms in total. The Kier molecular flexibility index (Phi) is 5.91. The summed E-state index contributed by atoms with van der Waals surface area (Å²) in [6, 6.07) is 28.0. The number of amides is 1. The molecule has 0 aliphatic heterocycles. The molecule has 126 valence electrons. The van der Waals surface area contributed by atoms with Gasteiger partial charge in [0.15, 0.2) is 0 Å². The number of hydrogen-bond acceptors (Lipinski definition) is 2. The third-order valence-corrected chi connectivity index (χ3v) is 5.23. The molecule has 0 saturated carbocycles. The van der Waals surface area contributed by atoms with Gasteiger partial charge in [0.25, 0.3) is 0 Å². The number of rotatable bonds is 6. The fourth-order valence-corrected chi connectivity index (χ4v) is 3.61. The first-order valence-corrected chi connectivity index (χ1v) is 9.30. The van der Waals surface area contributed by atoms with Crippen molar-refractivity contribution in [3.63, 3.8) is 0 Å². The molecule has 1 unspecified atom stereocenters. The standard InChI is InChI=1S/C22H21NOS/c1-2-17-13-15-19(16-14-17)23-22(24)21(18-9-5-3-6-10-18)25-20-11-7-4-8-12-20/h3-16,21H,2H2,1H3,(H,23,24). The average Bonchev–Trinajstić information content (AvgIpc) is 2.68. The Labute approximate surface area is 153 Å². The summed E-state index contributed by atoms with van der Waals surface area (Å²) in [6.45, 7) is 2.12. The summed E-state index contributed by atoms with van der Waals surface area (Å²) in [6.07, 6.45) is 0.991. The van der Waals surface area contributed by atoms with Crippen LogP contribution in [0.4, 0.5) is 5.69 Å². The zero-order valence-corrected chi connectivity index (χ0v) is 15.0. The minimum Gasteiger partial charge on any atom is -0.325 e. The molecule has 3 heteroatoms. The van der Waals surface area contributed by atoms with Crippen molar-refractivity contribution in [1.29, 1.82) is 0 Å². The van der Waals surface area contributed by atoms with E-state index in [1.54, 1.807) is 11.8 Å². The second kappa shape index (κ2) is 8.54. The highest BCUT2D eigenvalue weighted by Crippen LogP contribution is 2.36. The van der Waals surface area contributed by atoms with E-state index in [0.717, 1.165) is 22.6 Å². The van der Waals surface area contributed by atoms with E-state index in [4.69, 9.17) is 0 Å².